The van der Waals surface area contributed by atoms with Crippen LogP contribution in [0.25, 0.3) is 0 Å². The molecule has 4 nitrogen and oxygen atoms in total. The topological polar surface area (TPSA) is 89.3 Å². The van der Waals surface area contributed by atoms with Crippen molar-refractivity contribution in [2.24, 2.45) is 5.73 Å². The second-order valence-corrected chi connectivity index (χ2v) is 8.11. The minimum Gasteiger partial charge on any atom is -0.398 e. The van der Waals surface area contributed by atoms with E-state index in [1.807, 2.05) is 24.3 Å². The third kappa shape index (κ3) is 5.06. The van der Waals surface area contributed by atoms with Crippen molar-refractivity contribution in [3.63, 3.8) is 0 Å². The summed E-state index contributed by atoms with van der Waals surface area (Å²) in [5.74, 6) is 0.0687. The lowest BCUT2D eigenvalue weighted by atomic mass is 9.98. The molecule has 6 heteroatoms. The Balaban J connectivity index is 0.000000181. The number of carbonyl (C=O) groups is 1. The van der Waals surface area contributed by atoms with Crippen LogP contribution < -0.4 is 11.5 Å². The van der Waals surface area contributed by atoms with E-state index in [4.69, 9.17) is 10.5 Å². The lowest BCUT2D eigenvalue weighted by molar-refractivity contribution is -0.106. The number of carbonyl (C=O) groups excluding carboxylic acids is 1. The smallest absolute Gasteiger partial charge is 0.204 e. The van der Waals surface area contributed by atoms with Crippen molar-refractivity contribution in [1.29, 1.82) is 0 Å². The lowest BCUT2D eigenvalue weighted by Crippen LogP contribution is -2.14. The van der Waals surface area contributed by atoms with E-state index in [1.165, 1.54) is 0 Å². The molecule has 0 saturated heterocycles. The number of aliphatic hydroxyl groups is 1. The molecule has 2 aromatic carbocycles. The molecule has 152 valence electrons. The zero-order valence-electron chi connectivity index (χ0n) is 16.5. The fourth-order valence-corrected chi connectivity index (χ4v) is 4.04. The summed E-state index contributed by atoms with van der Waals surface area (Å²) in [4.78, 5) is 9.46. The van der Waals surface area contributed by atoms with Crippen molar-refractivity contribution in [2.45, 2.75) is 62.9 Å². The highest BCUT2D eigenvalue weighted by molar-refractivity contribution is 7.80. The standard InChI is InChI=1S/C12H14FN.C9H12OS.CH3NO/c13-11-7-3-1-5-9(7)12(14)10-6-2-4-8(10)11;1-9(2,10)7-4-3-5-8(11)6-7;2-1-3/h1-6,14H2;3-6,10-11H,1-2H3;1H,(H2,2,3). The number of hydrogen-bond donors (Lipinski definition) is 4. The van der Waals surface area contributed by atoms with Crippen LogP contribution >= 0.6 is 12.6 Å². The molecule has 28 heavy (non-hydrogen) atoms. The number of hydrogen-bond acceptors (Lipinski definition) is 4. The van der Waals surface area contributed by atoms with E-state index in [2.05, 4.69) is 18.4 Å². The summed E-state index contributed by atoms with van der Waals surface area (Å²) in [7, 11) is 0. The number of rotatable bonds is 1. The molecule has 0 fully saturated rings. The fraction of sp³-hybridized carbons (Fsp3) is 0.409. The monoisotopic (exact) mass is 404 g/mol. The highest BCUT2D eigenvalue weighted by atomic mass is 32.1. The molecule has 0 spiro atoms. The Morgan fingerprint density at radius 1 is 1.07 bits per heavy atom. The van der Waals surface area contributed by atoms with Crippen molar-refractivity contribution >= 4 is 24.7 Å². The molecule has 0 aliphatic heterocycles. The summed E-state index contributed by atoms with van der Waals surface area (Å²) in [5, 5.41) is 9.58. The number of nitrogen functional groups attached to an aromatic ring is 1. The van der Waals surface area contributed by atoms with Gasteiger partial charge < -0.3 is 16.6 Å². The quantitative estimate of drug-likeness (QED) is 0.332. The number of primary amides is 1. The average molecular weight is 405 g/mol. The molecular weight excluding hydrogens is 375 g/mol. The Hall–Kier alpha value is -2.05. The van der Waals surface area contributed by atoms with Crippen molar-refractivity contribution in [3.05, 3.63) is 57.9 Å². The summed E-state index contributed by atoms with van der Waals surface area (Å²) in [6, 6.07) is 7.52. The van der Waals surface area contributed by atoms with Gasteiger partial charge in [0.25, 0.3) is 0 Å². The molecule has 0 saturated carbocycles. The van der Waals surface area contributed by atoms with Crippen LogP contribution in [0.3, 0.4) is 0 Å². The van der Waals surface area contributed by atoms with Gasteiger partial charge in [-0.1, -0.05) is 12.1 Å². The first-order valence-corrected chi connectivity index (χ1v) is 9.93. The van der Waals surface area contributed by atoms with Crippen molar-refractivity contribution in [3.8, 4) is 0 Å². The van der Waals surface area contributed by atoms with Crippen LogP contribution in [0.5, 0.6) is 0 Å². The molecule has 0 heterocycles. The molecular formula is C22H29FN2O2S. The third-order valence-electron chi connectivity index (χ3n) is 5.17. The Morgan fingerprint density at radius 2 is 1.54 bits per heavy atom. The molecule has 1 amide bonds. The highest BCUT2D eigenvalue weighted by Gasteiger charge is 2.27. The predicted octanol–water partition coefficient (Wildman–Crippen LogP) is 3.69. The molecule has 2 aromatic rings. The Bertz CT molecular complexity index is 775. The normalized spacial score (nSPS) is 14.2. The van der Waals surface area contributed by atoms with Crippen molar-refractivity contribution < 1.29 is 14.3 Å². The second kappa shape index (κ2) is 9.43. The summed E-state index contributed by atoms with van der Waals surface area (Å²) < 4.78 is 14.0. The molecule has 0 radical (unpaired) electrons. The van der Waals surface area contributed by atoms with Crippen LogP contribution in [0.15, 0.2) is 29.2 Å². The van der Waals surface area contributed by atoms with E-state index in [0.29, 0.717) is 0 Å². The summed E-state index contributed by atoms with van der Waals surface area (Å²) >= 11 is 4.17. The van der Waals surface area contributed by atoms with Crippen LogP contribution in [0.1, 0.15) is 54.5 Å². The Kier molecular flexibility index (Phi) is 7.49. The van der Waals surface area contributed by atoms with Gasteiger partial charge in [0, 0.05) is 10.6 Å². The van der Waals surface area contributed by atoms with E-state index >= 15 is 0 Å². The minimum atomic E-state index is -0.765. The molecule has 5 N–H and O–H groups in total. The third-order valence-corrected chi connectivity index (χ3v) is 5.45. The minimum absolute atomic E-state index is 0.0687. The van der Waals surface area contributed by atoms with Gasteiger partial charge in [-0.2, -0.15) is 0 Å². The summed E-state index contributed by atoms with van der Waals surface area (Å²) in [5.41, 5.74) is 15.4. The van der Waals surface area contributed by atoms with Crippen molar-refractivity contribution in [2.75, 3.05) is 5.73 Å². The van der Waals surface area contributed by atoms with Gasteiger partial charge in [-0.3, -0.25) is 4.79 Å². The van der Waals surface area contributed by atoms with Crippen LogP contribution in [0.4, 0.5) is 10.1 Å². The molecule has 0 atom stereocenters. The van der Waals surface area contributed by atoms with E-state index in [1.54, 1.807) is 13.8 Å². The zero-order valence-corrected chi connectivity index (χ0v) is 17.4. The first-order valence-electron chi connectivity index (χ1n) is 9.48. The van der Waals surface area contributed by atoms with E-state index in [9.17, 15) is 9.50 Å². The molecule has 2 aliphatic carbocycles. The van der Waals surface area contributed by atoms with Gasteiger partial charge in [-0.15, -0.1) is 12.6 Å². The molecule has 0 bridgehead atoms. The molecule has 4 rings (SSSR count). The predicted molar refractivity (Wildman–Crippen MR) is 114 cm³/mol. The van der Waals surface area contributed by atoms with Crippen LogP contribution in [0, 0.1) is 5.82 Å². The first-order chi connectivity index (χ1) is 13.2. The number of thiol groups is 1. The van der Waals surface area contributed by atoms with Gasteiger partial charge in [-0.25, -0.2) is 4.39 Å². The molecule has 0 unspecified atom stereocenters. The second-order valence-electron chi connectivity index (χ2n) is 7.59. The van der Waals surface area contributed by atoms with Gasteiger partial charge >= 0.3 is 0 Å². The SMILES string of the molecule is CC(C)(O)c1cccc(S)c1.NC=O.Nc1c2c(c(F)c3c1CCC3)CCC2. The van der Waals surface area contributed by atoms with Crippen molar-refractivity contribution in [1.82, 2.24) is 0 Å². The molecule has 0 aromatic heterocycles. The number of anilines is 1. The maximum Gasteiger partial charge on any atom is 0.204 e. The summed E-state index contributed by atoms with van der Waals surface area (Å²) in [6.45, 7) is 3.52. The van der Waals surface area contributed by atoms with Gasteiger partial charge in [0.2, 0.25) is 6.41 Å². The van der Waals surface area contributed by atoms with Crippen LogP contribution in [-0.2, 0) is 36.1 Å². The zero-order chi connectivity index (χ0) is 20.9. The lowest BCUT2D eigenvalue weighted by Gasteiger charge is -2.17. The van der Waals surface area contributed by atoms with Gasteiger partial charge in [0.1, 0.15) is 5.82 Å². The number of benzene rings is 2. The van der Waals surface area contributed by atoms with Crippen LogP contribution in [-0.4, -0.2) is 11.5 Å². The average Bonchev–Trinajstić information content (AvgIpc) is 3.30. The van der Waals surface area contributed by atoms with Crippen LogP contribution in [0.2, 0.25) is 0 Å². The maximum atomic E-state index is 14.0. The number of fused-ring (bicyclic) bond motifs is 2. The number of amides is 1. The first kappa shape index (κ1) is 22.2. The summed E-state index contributed by atoms with van der Waals surface area (Å²) in [6.07, 6.45) is 6.12. The largest absolute Gasteiger partial charge is 0.398 e. The number of nitrogens with two attached hydrogens (primary N) is 2. The highest BCUT2D eigenvalue weighted by Crippen LogP contribution is 2.39. The van der Waals surface area contributed by atoms with E-state index in [-0.39, 0.29) is 12.2 Å². The van der Waals surface area contributed by atoms with E-state index < -0.39 is 5.60 Å². The molecule has 2 aliphatic rings. The van der Waals surface area contributed by atoms with Gasteiger partial charge in [-0.05, 0) is 92.3 Å². The van der Waals surface area contributed by atoms with Gasteiger partial charge in [0.15, 0.2) is 0 Å². The fourth-order valence-electron chi connectivity index (χ4n) is 3.82. The Morgan fingerprint density at radius 3 is 1.93 bits per heavy atom. The van der Waals surface area contributed by atoms with E-state index in [0.717, 1.165) is 76.9 Å². The van der Waals surface area contributed by atoms with Gasteiger partial charge in [0.05, 0.1) is 5.60 Å². The maximum absolute atomic E-state index is 14.0. The number of halogens is 1. The Labute approximate surface area is 171 Å².